The monoisotopic (exact) mass is 244 g/mol. The first kappa shape index (κ1) is 8.45. The van der Waals surface area contributed by atoms with Gasteiger partial charge in [-0.25, -0.2) is 0 Å². The van der Waals surface area contributed by atoms with E-state index >= 15 is 0 Å². The Morgan fingerprint density at radius 1 is 1.42 bits per heavy atom. The lowest BCUT2D eigenvalue weighted by Crippen LogP contribution is -2.07. The second-order valence-corrected chi connectivity index (χ2v) is 4.40. The average Bonchev–Trinajstić information content (AvgIpc) is 2.17. The van der Waals surface area contributed by atoms with E-state index in [9.17, 15) is 0 Å². The lowest BCUT2D eigenvalue weighted by Gasteiger charge is -2.17. The van der Waals surface area contributed by atoms with E-state index < -0.39 is 0 Å². The van der Waals surface area contributed by atoms with Gasteiger partial charge in [0.2, 0.25) is 0 Å². The van der Waals surface area contributed by atoms with Gasteiger partial charge < -0.3 is 4.74 Å². The molecule has 12 heavy (non-hydrogen) atoms. The third-order valence-electron chi connectivity index (χ3n) is 1.97. The second-order valence-electron chi connectivity index (χ2n) is 2.80. The fraction of sp³-hybridized carbons (Fsp3) is 0.333. The molecule has 0 saturated heterocycles. The minimum absolute atomic E-state index is 0.869. The molecule has 0 amide bonds. The molecule has 0 atom stereocenters. The van der Waals surface area contributed by atoms with Crippen molar-refractivity contribution in [3.8, 4) is 5.75 Å². The maximum atomic E-state index is 5.50. The van der Waals surface area contributed by atoms with Crippen LogP contribution in [0.2, 0.25) is 0 Å². The van der Waals surface area contributed by atoms with E-state index in [1.54, 1.807) is 10.2 Å². The van der Waals surface area contributed by atoms with Crippen molar-refractivity contribution in [1.82, 2.24) is 0 Å². The van der Waals surface area contributed by atoms with Gasteiger partial charge in [-0.3, -0.25) is 0 Å². The zero-order chi connectivity index (χ0) is 8.39. The average molecular weight is 245 g/mol. The van der Waals surface area contributed by atoms with Crippen LogP contribution in [0.3, 0.4) is 0 Å². The first-order chi connectivity index (χ1) is 5.90. The smallest absolute Gasteiger partial charge is 0.122 e. The van der Waals surface area contributed by atoms with Crippen molar-refractivity contribution in [3.05, 3.63) is 23.8 Å². The molecular weight excluding hydrogens is 236 g/mol. The number of halogens is 1. The van der Waals surface area contributed by atoms with Crippen LogP contribution in [0.4, 0.5) is 0 Å². The quantitative estimate of drug-likeness (QED) is 0.749. The highest BCUT2D eigenvalue weighted by Gasteiger charge is 2.09. The molecule has 0 fully saturated rings. The molecule has 0 aliphatic carbocycles. The van der Waals surface area contributed by atoms with Gasteiger partial charge in [0.05, 0.1) is 6.61 Å². The molecule has 0 saturated carbocycles. The molecule has 3 heteroatoms. The summed E-state index contributed by atoms with van der Waals surface area (Å²) < 4.78 is 5.50. The van der Waals surface area contributed by atoms with E-state index in [0.717, 1.165) is 25.2 Å². The van der Waals surface area contributed by atoms with Crippen LogP contribution < -0.4 is 4.74 Å². The Bertz CT molecular complexity index is 288. The number of fused-ring (bicyclic) bond motifs is 1. The number of rotatable bonds is 1. The zero-order valence-corrected chi connectivity index (χ0v) is 8.95. The lowest BCUT2D eigenvalue weighted by atomic mass is 10.1. The molecule has 1 aliphatic heterocycles. The predicted molar refractivity (Wildman–Crippen MR) is 55.0 cm³/mol. The Morgan fingerprint density at radius 3 is 3.17 bits per heavy atom. The standard InChI is InChI=1S/C9H9BrOS/c10-12-8-3-4-9-7(6-8)2-1-5-11-9/h3-4,6H,1-2,5H2. The van der Waals surface area contributed by atoms with Gasteiger partial charge in [0, 0.05) is 4.90 Å². The van der Waals surface area contributed by atoms with Crippen LogP contribution >= 0.6 is 25.0 Å². The molecule has 1 aromatic rings. The first-order valence-electron chi connectivity index (χ1n) is 3.94. The van der Waals surface area contributed by atoms with Crippen LogP contribution in [0.25, 0.3) is 0 Å². The molecule has 1 heterocycles. The van der Waals surface area contributed by atoms with Crippen molar-refractivity contribution in [1.29, 1.82) is 0 Å². The van der Waals surface area contributed by atoms with Gasteiger partial charge in [0.1, 0.15) is 5.75 Å². The molecule has 2 rings (SSSR count). The van der Waals surface area contributed by atoms with Crippen molar-refractivity contribution < 1.29 is 4.74 Å². The summed E-state index contributed by atoms with van der Waals surface area (Å²) in [5.41, 5.74) is 1.34. The predicted octanol–water partition coefficient (Wildman–Crippen LogP) is 3.41. The SMILES string of the molecule is BrSc1ccc2c(c1)CCCO2. The van der Waals surface area contributed by atoms with Crippen LogP contribution in [-0.2, 0) is 6.42 Å². The number of benzene rings is 1. The summed E-state index contributed by atoms with van der Waals surface area (Å²) in [6.07, 6.45) is 2.29. The largest absolute Gasteiger partial charge is 0.493 e. The summed E-state index contributed by atoms with van der Waals surface area (Å²) in [4.78, 5) is 1.25. The Hall–Kier alpha value is -0.150. The Morgan fingerprint density at radius 2 is 2.33 bits per heavy atom. The van der Waals surface area contributed by atoms with Crippen molar-refractivity contribution in [2.24, 2.45) is 0 Å². The third kappa shape index (κ3) is 1.62. The summed E-state index contributed by atoms with van der Waals surface area (Å²) in [7, 11) is 1.60. The molecule has 1 aliphatic rings. The van der Waals surface area contributed by atoms with E-state index in [4.69, 9.17) is 4.74 Å². The topological polar surface area (TPSA) is 9.23 Å². The van der Waals surface area contributed by atoms with Gasteiger partial charge >= 0.3 is 0 Å². The molecule has 0 spiro atoms. The van der Waals surface area contributed by atoms with Gasteiger partial charge in [0.15, 0.2) is 0 Å². The van der Waals surface area contributed by atoms with E-state index in [1.807, 2.05) is 0 Å². The zero-order valence-electron chi connectivity index (χ0n) is 6.55. The fourth-order valence-corrected chi connectivity index (χ4v) is 2.30. The summed E-state index contributed by atoms with van der Waals surface area (Å²) in [5, 5.41) is 0. The number of ether oxygens (including phenoxy) is 1. The minimum atomic E-state index is 0.869. The number of hydrogen-bond acceptors (Lipinski definition) is 2. The lowest BCUT2D eigenvalue weighted by molar-refractivity contribution is 0.288. The van der Waals surface area contributed by atoms with Crippen LogP contribution in [0, 0.1) is 0 Å². The van der Waals surface area contributed by atoms with Gasteiger partial charge in [0.25, 0.3) is 0 Å². The molecule has 0 aromatic heterocycles. The molecule has 0 radical (unpaired) electrons. The Kier molecular flexibility index (Phi) is 2.61. The van der Waals surface area contributed by atoms with Gasteiger partial charge in [-0.05, 0) is 61.6 Å². The number of aryl methyl sites for hydroxylation is 1. The van der Waals surface area contributed by atoms with Crippen molar-refractivity contribution in [2.45, 2.75) is 17.7 Å². The number of hydrogen-bond donors (Lipinski definition) is 0. The van der Waals surface area contributed by atoms with E-state index in [0.29, 0.717) is 0 Å². The molecule has 64 valence electrons. The summed E-state index contributed by atoms with van der Waals surface area (Å²) in [6.45, 7) is 0.869. The van der Waals surface area contributed by atoms with Crippen molar-refractivity contribution in [2.75, 3.05) is 6.61 Å². The third-order valence-corrected chi connectivity index (χ3v) is 3.52. The molecule has 0 unspecified atom stereocenters. The molecule has 1 nitrogen and oxygen atoms in total. The van der Waals surface area contributed by atoms with Gasteiger partial charge in [-0.15, -0.1) is 0 Å². The highest BCUT2D eigenvalue weighted by molar-refractivity contribution is 9.50. The normalized spacial score (nSPS) is 15.1. The van der Waals surface area contributed by atoms with Gasteiger partial charge in [-0.2, -0.15) is 0 Å². The molecule has 0 bridgehead atoms. The second kappa shape index (κ2) is 3.71. The highest BCUT2D eigenvalue weighted by Crippen LogP contribution is 2.31. The van der Waals surface area contributed by atoms with E-state index in [1.165, 1.54) is 10.5 Å². The minimum Gasteiger partial charge on any atom is -0.493 e. The summed E-state index contributed by atoms with van der Waals surface area (Å²) in [6, 6.07) is 6.32. The molecule has 0 N–H and O–H groups in total. The maximum Gasteiger partial charge on any atom is 0.122 e. The summed E-state index contributed by atoms with van der Waals surface area (Å²) in [5.74, 6) is 1.06. The van der Waals surface area contributed by atoms with Crippen LogP contribution in [0.15, 0.2) is 23.1 Å². The Labute approximate surface area is 83.7 Å². The van der Waals surface area contributed by atoms with Crippen molar-refractivity contribution in [3.63, 3.8) is 0 Å². The molecule has 1 aromatic carbocycles. The highest BCUT2D eigenvalue weighted by atomic mass is 79.9. The first-order valence-corrected chi connectivity index (χ1v) is 6.60. The maximum absolute atomic E-state index is 5.50. The van der Waals surface area contributed by atoms with Crippen LogP contribution in [-0.4, -0.2) is 6.61 Å². The summed E-state index contributed by atoms with van der Waals surface area (Å²) >= 11 is 3.36. The van der Waals surface area contributed by atoms with Crippen LogP contribution in [0.1, 0.15) is 12.0 Å². The fourth-order valence-electron chi connectivity index (χ4n) is 1.38. The molecular formula is C9H9BrOS. The van der Waals surface area contributed by atoms with Crippen LogP contribution in [0.5, 0.6) is 5.75 Å². The van der Waals surface area contributed by atoms with Crippen molar-refractivity contribution >= 4 is 25.0 Å². The van der Waals surface area contributed by atoms with E-state index in [-0.39, 0.29) is 0 Å². The van der Waals surface area contributed by atoms with E-state index in [2.05, 4.69) is 33.0 Å². The Balaban J connectivity index is 2.36. The van der Waals surface area contributed by atoms with Gasteiger partial charge in [-0.1, -0.05) is 0 Å².